The fourth-order valence-corrected chi connectivity index (χ4v) is 9.14. The summed E-state index contributed by atoms with van der Waals surface area (Å²) in [5, 5.41) is 0. The van der Waals surface area contributed by atoms with Crippen molar-refractivity contribution in [2.75, 3.05) is 6.61 Å². The van der Waals surface area contributed by atoms with Gasteiger partial charge in [-0.3, -0.25) is 19.1 Å². The highest BCUT2D eigenvalue weighted by molar-refractivity contribution is 5.83. The van der Waals surface area contributed by atoms with Gasteiger partial charge in [0.25, 0.3) is 11.8 Å². The summed E-state index contributed by atoms with van der Waals surface area (Å²) in [5.41, 5.74) is -3.86. The number of ether oxygens (including phenoxy) is 7. The van der Waals surface area contributed by atoms with Gasteiger partial charge in [0.05, 0.1) is 23.0 Å². The Morgan fingerprint density at radius 1 is 0.975 bits per heavy atom. The van der Waals surface area contributed by atoms with Gasteiger partial charge in [0.1, 0.15) is 17.6 Å². The zero-order valence-electron chi connectivity index (χ0n) is 24.2. The highest BCUT2D eigenvalue weighted by Gasteiger charge is 2.84. The molecule has 220 valence electrons. The van der Waals surface area contributed by atoms with Crippen molar-refractivity contribution in [1.29, 1.82) is 0 Å². The van der Waals surface area contributed by atoms with Gasteiger partial charge in [-0.1, -0.05) is 26.8 Å². The zero-order chi connectivity index (χ0) is 29.3. The van der Waals surface area contributed by atoms with E-state index in [0.29, 0.717) is 12.8 Å². The molecule has 1 saturated carbocycles. The van der Waals surface area contributed by atoms with E-state index in [2.05, 4.69) is 0 Å². The van der Waals surface area contributed by atoms with Crippen LogP contribution in [0, 0.1) is 34.5 Å². The van der Waals surface area contributed by atoms with E-state index in [0.717, 1.165) is 0 Å². The first kappa shape index (κ1) is 27.7. The summed E-state index contributed by atoms with van der Waals surface area (Å²) in [5.74, 6) is -7.26. The maximum absolute atomic E-state index is 13.2. The summed E-state index contributed by atoms with van der Waals surface area (Å²) >= 11 is 0. The number of esters is 4. The van der Waals surface area contributed by atoms with E-state index in [1.165, 1.54) is 19.9 Å². The molecule has 1 aliphatic carbocycles. The summed E-state index contributed by atoms with van der Waals surface area (Å²) in [6, 6.07) is 0. The molecule has 4 bridgehead atoms. The molecule has 0 amide bonds. The monoisotopic (exact) mass is 562 g/mol. The fourth-order valence-electron chi connectivity index (χ4n) is 9.14. The Labute approximate surface area is 233 Å². The Kier molecular flexibility index (Phi) is 5.58. The zero-order valence-corrected chi connectivity index (χ0v) is 24.2. The Balaban J connectivity index is 1.53. The van der Waals surface area contributed by atoms with Gasteiger partial charge >= 0.3 is 23.9 Å². The molecule has 0 unspecified atom stereocenters. The molecule has 0 radical (unpaired) electrons. The maximum atomic E-state index is 13.2. The second-order valence-corrected chi connectivity index (χ2v) is 13.5. The van der Waals surface area contributed by atoms with Crippen molar-refractivity contribution in [3.8, 4) is 0 Å². The molecule has 0 N–H and O–H groups in total. The van der Waals surface area contributed by atoms with Crippen molar-refractivity contribution in [1.82, 2.24) is 0 Å². The average Bonchev–Trinajstić information content (AvgIpc) is 3.10. The van der Waals surface area contributed by atoms with Crippen LogP contribution < -0.4 is 0 Å². The largest absolute Gasteiger partial charge is 0.462 e. The average molecular weight is 563 g/mol. The molecule has 11 nitrogen and oxygen atoms in total. The molecule has 6 rings (SSSR count). The van der Waals surface area contributed by atoms with Crippen LogP contribution in [0.2, 0.25) is 0 Å². The van der Waals surface area contributed by atoms with E-state index in [9.17, 15) is 19.2 Å². The van der Waals surface area contributed by atoms with Gasteiger partial charge in [0.2, 0.25) is 0 Å². The first-order chi connectivity index (χ1) is 18.5. The van der Waals surface area contributed by atoms with Gasteiger partial charge in [0, 0.05) is 32.8 Å². The minimum Gasteiger partial charge on any atom is -0.462 e. The topological polar surface area (TPSA) is 133 Å². The lowest BCUT2D eigenvalue weighted by atomic mass is 9.48. The quantitative estimate of drug-likeness (QED) is 0.363. The number of hydrogen-bond acceptors (Lipinski definition) is 11. The molecule has 5 aliphatic heterocycles. The first-order valence-corrected chi connectivity index (χ1v) is 14.0. The lowest BCUT2D eigenvalue weighted by Crippen LogP contribution is -2.72. The van der Waals surface area contributed by atoms with Crippen LogP contribution >= 0.6 is 0 Å². The molecule has 0 aromatic heterocycles. The van der Waals surface area contributed by atoms with E-state index in [-0.39, 0.29) is 12.5 Å². The molecule has 5 heterocycles. The van der Waals surface area contributed by atoms with Crippen molar-refractivity contribution in [3.63, 3.8) is 0 Å². The van der Waals surface area contributed by atoms with Crippen LogP contribution in [0.5, 0.6) is 0 Å². The fraction of sp³-hybridized carbons (Fsp3) is 0.793. The second kappa shape index (κ2) is 8.07. The number of carbonyl (C=O) groups is 4. The molecule has 4 saturated heterocycles. The van der Waals surface area contributed by atoms with E-state index >= 15 is 0 Å². The third kappa shape index (κ3) is 3.22. The predicted octanol–water partition coefficient (Wildman–Crippen LogP) is 2.79. The number of cyclic esters (lactones) is 1. The van der Waals surface area contributed by atoms with Crippen LogP contribution in [-0.2, 0) is 52.3 Å². The van der Waals surface area contributed by atoms with E-state index in [1.807, 2.05) is 40.7 Å². The number of fused-ring (bicyclic) bond motifs is 2. The first-order valence-electron chi connectivity index (χ1n) is 14.0. The van der Waals surface area contributed by atoms with Crippen LogP contribution in [0.15, 0.2) is 12.2 Å². The molecule has 3 spiro atoms. The second-order valence-electron chi connectivity index (χ2n) is 13.5. The number of rotatable bonds is 2. The standard InChI is InChI=1S/C29H38O11/c1-14-11-18(35-16(3)30)21-24(5,6)37-19(32)9-10-27(21)13-34-29-25(7,12-28(14,27)40-29)15(2)20-22(36-17(4)31)26(8,39-29)38-23(20)33/h9-10,14-15,18,20-22H,11-13H2,1-8H3/t14-,15-,18-,20+,21-,22-,25+,26-,27+,28-,29-/m0/s1. The van der Waals surface area contributed by atoms with Crippen LogP contribution in [0.1, 0.15) is 68.2 Å². The Morgan fingerprint density at radius 3 is 2.30 bits per heavy atom. The van der Waals surface area contributed by atoms with E-state index < -0.39 is 87.6 Å². The minimum atomic E-state index is -1.65. The molecule has 0 aromatic carbocycles. The van der Waals surface area contributed by atoms with Crippen LogP contribution in [-0.4, -0.2) is 65.7 Å². The Hall–Kier alpha value is -2.50. The molecule has 6 aliphatic rings. The van der Waals surface area contributed by atoms with E-state index in [4.69, 9.17) is 33.2 Å². The van der Waals surface area contributed by atoms with Crippen LogP contribution in [0.3, 0.4) is 0 Å². The van der Waals surface area contributed by atoms with Crippen molar-refractivity contribution in [2.24, 2.45) is 34.5 Å². The Morgan fingerprint density at radius 2 is 1.65 bits per heavy atom. The van der Waals surface area contributed by atoms with Crippen molar-refractivity contribution >= 4 is 23.9 Å². The lowest BCUT2D eigenvalue weighted by Gasteiger charge is -2.63. The number of carbonyl (C=O) groups excluding carboxylic acids is 4. The summed E-state index contributed by atoms with van der Waals surface area (Å²) in [6.07, 6.45) is 2.50. The predicted molar refractivity (Wildman–Crippen MR) is 134 cm³/mol. The molecular weight excluding hydrogens is 524 g/mol. The van der Waals surface area contributed by atoms with Crippen molar-refractivity contribution < 1.29 is 52.3 Å². The van der Waals surface area contributed by atoms with E-state index in [1.54, 1.807) is 6.92 Å². The smallest absolute Gasteiger partial charge is 0.330 e. The van der Waals surface area contributed by atoms with Crippen molar-refractivity contribution in [2.45, 2.75) is 103 Å². The molecule has 40 heavy (non-hydrogen) atoms. The van der Waals surface area contributed by atoms with Gasteiger partial charge in [-0.05, 0) is 38.5 Å². The lowest BCUT2D eigenvalue weighted by molar-refractivity contribution is -0.505. The van der Waals surface area contributed by atoms with Crippen LogP contribution in [0.4, 0.5) is 0 Å². The van der Waals surface area contributed by atoms with Gasteiger partial charge in [-0.2, -0.15) is 0 Å². The molecular formula is C29H38O11. The van der Waals surface area contributed by atoms with Gasteiger partial charge in [-0.25, -0.2) is 4.79 Å². The molecule has 0 aromatic rings. The molecule has 11 heteroatoms. The third-order valence-electron chi connectivity index (χ3n) is 10.8. The summed E-state index contributed by atoms with van der Waals surface area (Å²) in [7, 11) is 0. The summed E-state index contributed by atoms with van der Waals surface area (Å²) in [6.45, 7) is 13.8. The normalized spacial score (nSPS) is 51.7. The highest BCUT2D eigenvalue weighted by Crippen LogP contribution is 2.74. The SMILES string of the molecule is CC(=O)O[C@H]1C[C@H](C)[C@@]23C[C@]4(C)[C@@H](C)[C@H]5C(=O)O[C@@](C)(O[C@]4(OC[C@@]24C=CC(=O)OC(C)(C)[C@H]14)O3)[C@H]5OC(C)=O. The molecule has 11 atom stereocenters. The maximum Gasteiger partial charge on any atom is 0.330 e. The number of hydrogen-bond donors (Lipinski definition) is 0. The van der Waals surface area contributed by atoms with Gasteiger partial charge < -0.3 is 28.4 Å². The van der Waals surface area contributed by atoms with Gasteiger partial charge in [-0.15, -0.1) is 0 Å². The third-order valence-corrected chi connectivity index (χ3v) is 10.8. The Bertz CT molecular complexity index is 1230. The van der Waals surface area contributed by atoms with Crippen LogP contribution in [0.25, 0.3) is 0 Å². The van der Waals surface area contributed by atoms with Gasteiger partial charge in [0.15, 0.2) is 6.10 Å². The summed E-state index contributed by atoms with van der Waals surface area (Å²) in [4.78, 5) is 50.4. The molecule has 5 fully saturated rings. The highest BCUT2D eigenvalue weighted by atomic mass is 16.9. The minimum absolute atomic E-state index is 0.0611. The van der Waals surface area contributed by atoms with Crippen molar-refractivity contribution in [3.05, 3.63) is 12.2 Å². The summed E-state index contributed by atoms with van der Waals surface area (Å²) < 4.78 is 43.6.